The van der Waals surface area contributed by atoms with E-state index in [1.807, 2.05) is 0 Å². The molecule has 1 saturated carbocycles. The number of rotatable bonds is 11. The maximum Gasteiger partial charge on any atom is 0.485 e. The lowest BCUT2D eigenvalue weighted by atomic mass is 9.98. The molecule has 5 N–H and O–H groups in total. The minimum Gasteiger partial charge on any atom is -0.741 e. The second-order valence-electron chi connectivity index (χ2n) is 10.6. The number of aliphatic hydroxyl groups is 2. The summed E-state index contributed by atoms with van der Waals surface area (Å²) in [6.07, 6.45) is 2.40. The number of pyridine rings is 1. The molecule has 1 aromatic carbocycles. The van der Waals surface area contributed by atoms with Crippen molar-refractivity contribution in [3.8, 4) is 5.75 Å². The third-order valence-electron chi connectivity index (χ3n) is 6.94. The lowest BCUT2D eigenvalue weighted by Gasteiger charge is -2.26. The number of nitrogens with zero attached hydrogens (tertiary/aromatic N) is 1. The Labute approximate surface area is 268 Å². The highest BCUT2D eigenvalue weighted by atomic mass is 32.2. The number of carbonyl (C=O) groups excluding carboxylic acids is 2. The number of hydrogen-bond donors (Lipinski definition) is 4. The number of nitrogens with one attached hydrogen (secondary N) is 1. The SMILES string of the molecule is CC(NP(=O)(OC[C@H]1O[C@@H]([n+]2cccc(C(N)=O)c2)[C@H](O)[C@@H]1O)Oc1ccccc1)C(=O)OC1CCCCC1.O=S(=O)([O-])C(F)(F)F. The summed E-state index contributed by atoms with van der Waals surface area (Å²) in [5.41, 5.74) is -0.131. The number of para-hydroxylation sites is 1. The summed E-state index contributed by atoms with van der Waals surface area (Å²) in [6, 6.07) is 10.3. The number of benzene rings is 1. The van der Waals surface area contributed by atoms with Crippen molar-refractivity contribution in [1.82, 2.24) is 5.09 Å². The third kappa shape index (κ3) is 11.2. The summed E-state index contributed by atoms with van der Waals surface area (Å²) < 4.78 is 96.7. The van der Waals surface area contributed by atoms with Crippen molar-refractivity contribution in [2.45, 2.75) is 81.2 Å². The minimum atomic E-state index is -6.09. The van der Waals surface area contributed by atoms with Gasteiger partial charge < -0.3 is 34.5 Å². The van der Waals surface area contributed by atoms with Crippen LogP contribution < -0.4 is 19.9 Å². The standard InChI is InChI=1S/C26H34N3O9P.CHF3O3S/c1-17(26(33)36-19-10-4-2-5-11-19)28-39(34,38-20-12-6-3-7-13-20)35-16-21-22(30)23(31)25(37-21)29-14-8-9-18(15-29)24(27)32;2-1(3,4)8(5,6)7/h3,6-9,12-15,17,19,21-23,25,30-31H,2,4-5,10-11,16H2,1H3,(H2-,27,28,32,34);(H,5,6,7)/t17?,21-,22-,23-,25-,39?;/m1./s1. The van der Waals surface area contributed by atoms with Gasteiger partial charge in [0.2, 0.25) is 0 Å². The summed E-state index contributed by atoms with van der Waals surface area (Å²) in [5.74, 6) is -1.02. The van der Waals surface area contributed by atoms with Crippen LogP contribution in [0.25, 0.3) is 0 Å². The molecule has 1 aromatic heterocycles. The predicted octanol–water partition coefficient (Wildman–Crippen LogP) is 1.80. The Kier molecular flexibility index (Phi) is 13.3. The number of primary amides is 1. The molecule has 262 valence electrons. The van der Waals surface area contributed by atoms with Gasteiger partial charge in [-0.1, -0.05) is 24.6 Å². The van der Waals surface area contributed by atoms with Crippen molar-refractivity contribution < 1.29 is 73.6 Å². The van der Waals surface area contributed by atoms with E-state index in [-0.39, 0.29) is 17.4 Å². The summed E-state index contributed by atoms with van der Waals surface area (Å²) in [6.45, 7) is 1.05. The average molecular weight is 714 g/mol. The van der Waals surface area contributed by atoms with E-state index in [1.165, 1.54) is 23.8 Å². The van der Waals surface area contributed by atoms with E-state index >= 15 is 0 Å². The first kappa shape index (κ1) is 38.3. The summed E-state index contributed by atoms with van der Waals surface area (Å²) in [5, 5.41) is 23.9. The quantitative estimate of drug-likeness (QED) is 0.0858. The Morgan fingerprint density at radius 1 is 1.13 bits per heavy atom. The highest BCUT2D eigenvalue weighted by Gasteiger charge is 2.49. The second-order valence-corrected chi connectivity index (χ2v) is 13.7. The molecule has 1 amide bonds. The molecule has 1 aliphatic carbocycles. The third-order valence-corrected chi connectivity index (χ3v) is 9.15. The zero-order valence-corrected chi connectivity index (χ0v) is 26.6. The Hall–Kier alpha value is -3.16. The molecule has 2 aromatic rings. The van der Waals surface area contributed by atoms with Crippen LogP contribution in [0.1, 0.15) is 55.6 Å². The molecule has 0 radical (unpaired) electrons. The molecule has 0 spiro atoms. The first-order valence-electron chi connectivity index (χ1n) is 14.2. The number of carbonyl (C=O) groups is 2. The molecule has 20 heteroatoms. The normalized spacial score (nSPS) is 23.9. The number of aromatic nitrogens is 1. The van der Waals surface area contributed by atoms with Crippen molar-refractivity contribution in [2.24, 2.45) is 5.73 Å². The fourth-order valence-corrected chi connectivity index (χ4v) is 6.03. The zero-order valence-electron chi connectivity index (χ0n) is 24.9. The number of ether oxygens (including phenoxy) is 2. The molecule has 2 heterocycles. The van der Waals surface area contributed by atoms with Crippen LogP contribution >= 0.6 is 7.75 Å². The Balaban J connectivity index is 0.000000665. The van der Waals surface area contributed by atoms with Crippen molar-refractivity contribution in [1.29, 1.82) is 0 Å². The van der Waals surface area contributed by atoms with Crippen LogP contribution in [0.4, 0.5) is 13.2 Å². The van der Waals surface area contributed by atoms with E-state index in [0.717, 1.165) is 32.1 Å². The topological polar surface area (TPSA) is 228 Å². The smallest absolute Gasteiger partial charge is 0.485 e. The molecule has 0 bridgehead atoms. The molecule has 2 fully saturated rings. The molecule has 1 aliphatic heterocycles. The number of esters is 1. The van der Waals surface area contributed by atoms with Gasteiger partial charge in [0, 0.05) is 6.07 Å². The number of hydrogen-bond acceptors (Lipinski definition) is 12. The molecule has 15 nitrogen and oxygen atoms in total. The highest BCUT2D eigenvalue weighted by Crippen LogP contribution is 2.46. The minimum absolute atomic E-state index is 0.182. The molecular formula is C27H35F3N3O12PS. The first-order valence-corrected chi connectivity index (χ1v) is 17.2. The predicted molar refractivity (Wildman–Crippen MR) is 153 cm³/mol. The van der Waals surface area contributed by atoms with Gasteiger partial charge in [-0.25, -0.2) is 13.0 Å². The molecule has 1 saturated heterocycles. The Bertz CT molecular complexity index is 1510. The van der Waals surface area contributed by atoms with Crippen LogP contribution in [0.3, 0.4) is 0 Å². The van der Waals surface area contributed by atoms with Gasteiger partial charge in [-0.15, -0.1) is 0 Å². The summed E-state index contributed by atoms with van der Waals surface area (Å²) in [4.78, 5) is 24.3. The zero-order chi connectivity index (χ0) is 35.0. The highest BCUT2D eigenvalue weighted by molar-refractivity contribution is 7.86. The van der Waals surface area contributed by atoms with Crippen LogP contribution in [0, 0.1) is 0 Å². The molecule has 2 aliphatic rings. The van der Waals surface area contributed by atoms with Gasteiger partial charge in [-0.3, -0.25) is 14.1 Å². The van der Waals surface area contributed by atoms with Gasteiger partial charge in [0.25, 0.3) is 12.1 Å². The van der Waals surface area contributed by atoms with E-state index < -0.39 is 72.4 Å². The molecule has 2 unspecified atom stereocenters. The Morgan fingerprint density at radius 3 is 2.32 bits per heavy atom. The van der Waals surface area contributed by atoms with Crippen LogP contribution in [-0.2, 0) is 33.5 Å². The van der Waals surface area contributed by atoms with Crippen molar-refractivity contribution in [2.75, 3.05) is 6.61 Å². The number of nitrogens with two attached hydrogens (primary N) is 1. The average Bonchev–Trinajstić information content (AvgIpc) is 3.29. The van der Waals surface area contributed by atoms with E-state index in [4.69, 9.17) is 37.2 Å². The maximum atomic E-state index is 13.8. The fourth-order valence-electron chi connectivity index (χ4n) is 4.53. The summed E-state index contributed by atoms with van der Waals surface area (Å²) in [7, 11) is -10.3. The van der Waals surface area contributed by atoms with Gasteiger partial charge >= 0.3 is 19.2 Å². The van der Waals surface area contributed by atoms with Crippen molar-refractivity contribution in [3.05, 3.63) is 60.4 Å². The van der Waals surface area contributed by atoms with Crippen LogP contribution in [-0.4, -0.2) is 77.6 Å². The van der Waals surface area contributed by atoms with E-state index in [1.54, 1.807) is 42.6 Å². The first-order chi connectivity index (χ1) is 21.9. The largest absolute Gasteiger partial charge is 0.741 e. The van der Waals surface area contributed by atoms with E-state index in [2.05, 4.69) is 5.09 Å². The molecule has 4 rings (SSSR count). The summed E-state index contributed by atoms with van der Waals surface area (Å²) >= 11 is 0. The van der Waals surface area contributed by atoms with E-state index in [9.17, 15) is 37.5 Å². The van der Waals surface area contributed by atoms with Gasteiger partial charge in [-0.2, -0.15) is 22.8 Å². The van der Waals surface area contributed by atoms with Crippen LogP contribution in [0.5, 0.6) is 5.75 Å². The van der Waals surface area contributed by atoms with Gasteiger partial charge in [0.1, 0.15) is 35.7 Å². The van der Waals surface area contributed by atoms with Gasteiger partial charge in [-0.05, 0) is 50.8 Å². The number of aliphatic hydroxyl groups excluding tert-OH is 2. The number of alkyl halides is 3. The van der Waals surface area contributed by atoms with Gasteiger partial charge in [0.15, 0.2) is 28.6 Å². The fraction of sp³-hybridized carbons (Fsp3) is 0.519. The molecule has 6 atom stereocenters. The van der Waals surface area contributed by atoms with Crippen LogP contribution in [0.2, 0.25) is 0 Å². The van der Waals surface area contributed by atoms with Gasteiger partial charge in [0.05, 0.1) is 6.61 Å². The Morgan fingerprint density at radius 2 is 1.74 bits per heavy atom. The lowest BCUT2D eigenvalue weighted by Crippen LogP contribution is -2.46. The van der Waals surface area contributed by atoms with E-state index in [0.29, 0.717) is 0 Å². The maximum absolute atomic E-state index is 13.8. The molecule has 47 heavy (non-hydrogen) atoms. The number of amides is 1. The number of halogens is 3. The van der Waals surface area contributed by atoms with Crippen LogP contribution in [0.15, 0.2) is 54.9 Å². The monoisotopic (exact) mass is 713 g/mol. The van der Waals surface area contributed by atoms with Crippen molar-refractivity contribution >= 4 is 29.7 Å². The lowest BCUT2D eigenvalue weighted by molar-refractivity contribution is -0.765. The van der Waals surface area contributed by atoms with Crippen molar-refractivity contribution in [3.63, 3.8) is 0 Å². The molecular weight excluding hydrogens is 678 g/mol. The second kappa shape index (κ2) is 16.3.